The summed E-state index contributed by atoms with van der Waals surface area (Å²) in [6.45, 7) is 8.77. The highest BCUT2D eigenvalue weighted by atomic mass is 16.6. The first-order valence-corrected chi connectivity index (χ1v) is 11.4. The Hall–Kier alpha value is -3.34. The van der Waals surface area contributed by atoms with E-state index in [-0.39, 0.29) is 30.3 Å². The maximum absolute atomic E-state index is 13.0. The van der Waals surface area contributed by atoms with E-state index in [2.05, 4.69) is 50.0 Å². The van der Waals surface area contributed by atoms with Crippen molar-refractivity contribution >= 4 is 11.8 Å². The van der Waals surface area contributed by atoms with Crippen molar-refractivity contribution < 1.29 is 19.1 Å². The van der Waals surface area contributed by atoms with Crippen LogP contribution in [0, 0.1) is 6.92 Å². The SMILES string of the molecule is Cc1c(C(=O)OCCOc2ccccc2)[nH]c2c1C(=O)C[C@@H](c1ccc(C(C)(C)C)cc1)C2. The molecular formula is C28H31NO4. The average Bonchev–Trinajstić information content (AvgIpc) is 3.13. The number of para-hydroxylation sites is 1. The Labute approximate surface area is 195 Å². The van der Waals surface area contributed by atoms with Crippen LogP contribution in [0.1, 0.15) is 76.3 Å². The molecule has 5 nitrogen and oxygen atoms in total. The first-order valence-electron chi connectivity index (χ1n) is 11.4. The van der Waals surface area contributed by atoms with Gasteiger partial charge in [-0.3, -0.25) is 4.79 Å². The predicted octanol–water partition coefficient (Wildman–Crippen LogP) is 5.77. The van der Waals surface area contributed by atoms with Crippen LogP contribution in [0.25, 0.3) is 0 Å². The van der Waals surface area contributed by atoms with Gasteiger partial charge in [0.1, 0.15) is 24.7 Å². The van der Waals surface area contributed by atoms with E-state index < -0.39 is 5.97 Å². The van der Waals surface area contributed by atoms with Crippen molar-refractivity contribution in [2.24, 2.45) is 0 Å². The molecule has 0 saturated heterocycles. The van der Waals surface area contributed by atoms with Crippen molar-refractivity contribution in [1.29, 1.82) is 0 Å². The van der Waals surface area contributed by atoms with E-state index in [0.29, 0.717) is 29.7 Å². The molecule has 0 unspecified atom stereocenters. The maximum atomic E-state index is 13.0. The zero-order valence-corrected chi connectivity index (χ0v) is 19.7. The third-order valence-electron chi connectivity index (χ3n) is 6.27. The Morgan fingerprint density at radius 1 is 1.00 bits per heavy atom. The van der Waals surface area contributed by atoms with Crippen molar-refractivity contribution in [3.8, 4) is 5.75 Å². The lowest BCUT2D eigenvalue weighted by Gasteiger charge is -2.24. The van der Waals surface area contributed by atoms with Gasteiger partial charge in [-0.05, 0) is 53.5 Å². The minimum atomic E-state index is -0.461. The fraction of sp³-hybridized carbons (Fsp3) is 0.357. The van der Waals surface area contributed by atoms with Crippen LogP contribution >= 0.6 is 0 Å². The molecule has 0 bridgehead atoms. The summed E-state index contributed by atoms with van der Waals surface area (Å²) in [5, 5.41) is 0. The van der Waals surface area contributed by atoms with Gasteiger partial charge in [0.15, 0.2) is 5.78 Å². The summed E-state index contributed by atoms with van der Waals surface area (Å²) in [6, 6.07) is 17.9. The second-order valence-corrected chi connectivity index (χ2v) is 9.68. The van der Waals surface area contributed by atoms with Crippen LogP contribution in [0.5, 0.6) is 5.75 Å². The average molecular weight is 446 g/mol. The van der Waals surface area contributed by atoms with Crippen LogP contribution in [0.4, 0.5) is 0 Å². The standard InChI is InChI=1S/C28H31NO4/c1-18-25-23(29-26(18)27(31)33-15-14-32-22-8-6-5-7-9-22)16-20(17-24(25)30)19-10-12-21(13-11-19)28(2,3)4/h5-13,20,29H,14-17H2,1-4H3/t20-/m0/s1. The first kappa shape index (κ1) is 22.8. The molecule has 0 saturated carbocycles. The highest BCUT2D eigenvalue weighted by molar-refractivity contribution is 6.03. The summed E-state index contributed by atoms with van der Waals surface area (Å²) in [6.07, 6.45) is 1.14. The topological polar surface area (TPSA) is 68.4 Å². The molecule has 4 rings (SSSR count). The molecule has 1 atom stereocenters. The Bertz CT molecular complexity index is 1140. The number of fused-ring (bicyclic) bond motifs is 1. The van der Waals surface area contributed by atoms with Gasteiger partial charge in [-0.25, -0.2) is 4.79 Å². The lowest BCUT2D eigenvalue weighted by molar-refractivity contribution is 0.0443. The van der Waals surface area contributed by atoms with E-state index >= 15 is 0 Å². The number of ether oxygens (including phenoxy) is 2. The van der Waals surface area contributed by atoms with Gasteiger partial charge in [0.2, 0.25) is 0 Å². The molecule has 2 aromatic carbocycles. The third-order valence-corrected chi connectivity index (χ3v) is 6.27. The number of aromatic amines is 1. The lowest BCUT2D eigenvalue weighted by atomic mass is 9.80. The molecule has 33 heavy (non-hydrogen) atoms. The van der Waals surface area contributed by atoms with Crippen molar-refractivity contribution in [3.63, 3.8) is 0 Å². The largest absolute Gasteiger partial charge is 0.490 e. The quantitative estimate of drug-likeness (QED) is 0.386. The first-order chi connectivity index (χ1) is 15.7. The van der Waals surface area contributed by atoms with E-state index in [9.17, 15) is 9.59 Å². The van der Waals surface area contributed by atoms with Gasteiger partial charge in [-0.1, -0.05) is 63.2 Å². The van der Waals surface area contributed by atoms with E-state index in [0.717, 1.165) is 17.0 Å². The Kier molecular flexibility index (Phi) is 6.41. The third kappa shape index (κ3) is 5.03. The summed E-state index contributed by atoms with van der Waals surface area (Å²) in [5.74, 6) is 0.436. The zero-order valence-electron chi connectivity index (χ0n) is 19.7. The van der Waals surface area contributed by atoms with Gasteiger partial charge in [-0.15, -0.1) is 0 Å². The highest BCUT2D eigenvalue weighted by Crippen LogP contribution is 2.36. The van der Waals surface area contributed by atoms with Gasteiger partial charge in [0.25, 0.3) is 0 Å². The fourth-order valence-electron chi connectivity index (χ4n) is 4.41. The summed E-state index contributed by atoms with van der Waals surface area (Å²) >= 11 is 0. The van der Waals surface area contributed by atoms with Gasteiger partial charge in [-0.2, -0.15) is 0 Å². The zero-order chi connectivity index (χ0) is 23.6. The van der Waals surface area contributed by atoms with E-state index in [4.69, 9.17) is 9.47 Å². The second kappa shape index (κ2) is 9.26. The van der Waals surface area contributed by atoms with Crippen molar-refractivity contribution in [1.82, 2.24) is 4.98 Å². The second-order valence-electron chi connectivity index (χ2n) is 9.68. The normalized spacial score (nSPS) is 15.8. The predicted molar refractivity (Wildman–Crippen MR) is 128 cm³/mol. The number of carbonyl (C=O) groups is 2. The Morgan fingerprint density at radius 2 is 1.70 bits per heavy atom. The number of rotatable bonds is 6. The smallest absolute Gasteiger partial charge is 0.355 e. The summed E-state index contributed by atoms with van der Waals surface area (Å²) < 4.78 is 11.0. The highest BCUT2D eigenvalue weighted by Gasteiger charge is 2.32. The van der Waals surface area contributed by atoms with E-state index in [1.807, 2.05) is 37.3 Å². The molecule has 0 amide bonds. The number of nitrogens with one attached hydrogen (secondary N) is 1. The number of aromatic nitrogens is 1. The summed E-state index contributed by atoms with van der Waals surface area (Å²) in [7, 11) is 0. The van der Waals surface area contributed by atoms with Crippen LogP contribution in [-0.2, 0) is 16.6 Å². The molecule has 0 fully saturated rings. The van der Waals surface area contributed by atoms with Gasteiger partial charge >= 0.3 is 5.97 Å². The maximum Gasteiger partial charge on any atom is 0.355 e. The summed E-state index contributed by atoms with van der Waals surface area (Å²) in [4.78, 5) is 28.8. The molecule has 1 aromatic heterocycles. The number of ketones is 1. The van der Waals surface area contributed by atoms with Gasteiger partial charge < -0.3 is 14.5 Å². The van der Waals surface area contributed by atoms with Crippen LogP contribution in [0.2, 0.25) is 0 Å². The van der Waals surface area contributed by atoms with Gasteiger partial charge in [0.05, 0.1) is 0 Å². The molecule has 1 aliphatic rings. The van der Waals surface area contributed by atoms with Crippen molar-refractivity contribution in [3.05, 3.63) is 88.2 Å². The van der Waals surface area contributed by atoms with Crippen LogP contribution < -0.4 is 4.74 Å². The Morgan fingerprint density at radius 3 is 2.36 bits per heavy atom. The molecule has 172 valence electrons. The molecule has 3 aromatic rings. The lowest BCUT2D eigenvalue weighted by Crippen LogP contribution is -2.19. The number of H-pyrrole nitrogens is 1. The molecule has 0 radical (unpaired) electrons. The van der Waals surface area contributed by atoms with Crippen molar-refractivity contribution in [2.45, 2.75) is 51.9 Å². The van der Waals surface area contributed by atoms with Crippen LogP contribution in [0.15, 0.2) is 54.6 Å². The minimum Gasteiger partial charge on any atom is -0.490 e. The van der Waals surface area contributed by atoms with E-state index in [1.165, 1.54) is 5.56 Å². The number of hydrogen-bond acceptors (Lipinski definition) is 4. The molecule has 5 heteroatoms. The molecule has 1 heterocycles. The summed E-state index contributed by atoms with van der Waals surface area (Å²) in [5.41, 5.74) is 5.00. The monoisotopic (exact) mass is 445 g/mol. The minimum absolute atomic E-state index is 0.0707. The number of esters is 1. The van der Waals surface area contributed by atoms with Crippen LogP contribution in [-0.4, -0.2) is 30.0 Å². The van der Waals surface area contributed by atoms with Gasteiger partial charge in [0, 0.05) is 17.7 Å². The fourth-order valence-corrected chi connectivity index (χ4v) is 4.41. The number of carbonyl (C=O) groups excluding carboxylic acids is 2. The number of Topliss-reactive ketones (excluding diaryl/α,β-unsaturated/α-hetero) is 1. The molecule has 0 aliphatic heterocycles. The Balaban J connectivity index is 1.42. The molecule has 1 aliphatic carbocycles. The number of hydrogen-bond donors (Lipinski definition) is 1. The number of benzene rings is 2. The van der Waals surface area contributed by atoms with E-state index in [1.54, 1.807) is 0 Å². The van der Waals surface area contributed by atoms with Crippen LogP contribution in [0.3, 0.4) is 0 Å². The molecule has 0 spiro atoms. The molecular weight excluding hydrogens is 414 g/mol. The van der Waals surface area contributed by atoms with Crippen molar-refractivity contribution in [2.75, 3.05) is 13.2 Å². The molecule has 1 N–H and O–H groups in total.